The molecule has 0 radical (unpaired) electrons. The van der Waals surface area contributed by atoms with Crippen molar-refractivity contribution in [1.29, 1.82) is 0 Å². The number of hydrogen-bond donors (Lipinski definition) is 0. The van der Waals surface area contributed by atoms with Gasteiger partial charge < -0.3 is 4.57 Å². The van der Waals surface area contributed by atoms with Gasteiger partial charge in [0.2, 0.25) is 0 Å². The Hall–Kier alpha value is -7.69. The van der Waals surface area contributed by atoms with Crippen LogP contribution in [0.15, 0.2) is 217 Å². The zero-order valence-corrected chi connectivity index (χ0v) is 38.4. The number of hydrogen-bond acceptors (Lipinski definition) is 3. The molecule has 318 valence electrons. The number of aromatic nitrogens is 4. The molecule has 0 spiro atoms. The normalized spacial score (nSPS) is 14.8. The fraction of sp³-hybridized carbons (Fsp3) is 0.131. The first-order chi connectivity index (χ1) is 31.6. The second-order valence-corrected chi connectivity index (χ2v) is 17.3. The summed E-state index contributed by atoms with van der Waals surface area (Å²) in [6.07, 6.45) is 10.4. The van der Waals surface area contributed by atoms with Crippen molar-refractivity contribution in [2.24, 2.45) is 0 Å². The SMILES string of the molecule is C=C/C=C(\C(=C(C)C)C(/C=C(\C=C)c1ccc2c(c1)C(/C(C)=C/C)(c1ccccc1C)c1cccc3c4ccccc4n-2c13)=C(C)C)c1nc(-c2ccccc2)nc(-c2ccccc2)n1. The van der Waals surface area contributed by atoms with E-state index in [9.17, 15) is 0 Å². The van der Waals surface area contributed by atoms with Crippen molar-refractivity contribution in [2.75, 3.05) is 0 Å². The van der Waals surface area contributed by atoms with E-state index in [0.717, 1.165) is 50.1 Å². The fourth-order valence-electron chi connectivity index (χ4n) is 9.95. The van der Waals surface area contributed by atoms with Crippen LogP contribution in [0.2, 0.25) is 0 Å². The van der Waals surface area contributed by atoms with Crippen LogP contribution >= 0.6 is 0 Å². The second kappa shape index (κ2) is 17.5. The third-order valence-corrected chi connectivity index (χ3v) is 13.0. The summed E-state index contributed by atoms with van der Waals surface area (Å²) in [5, 5.41) is 2.51. The van der Waals surface area contributed by atoms with Crippen LogP contribution in [0.3, 0.4) is 0 Å². The minimum atomic E-state index is -0.572. The average molecular weight is 843 g/mol. The van der Waals surface area contributed by atoms with E-state index in [1.54, 1.807) is 0 Å². The van der Waals surface area contributed by atoms with E-state index in [1.165, 1.54) is 55.3 Å². The van der Waals surface area contributed by atoms with Crippen molar-refractivity contribution < 1.29 is 0 Å². The Kier molecular flexibility index (Phi) is 11.4. The molecule has 0 N–H and O–H groups in total. The van der Waals surface area contributed by atoms with Gasteiger partial charge in [-0.15, -0.1) is 0 Å². The van der Waals surface area contributed by atoms with Crippen LogP contribution in [0.1, 0.15) is 75.2 Å². The van der Waals surface area contributed by atoms with E-state index in [4.69, 9.17) is 15.0 Å². The monoisotopic (exact) mass is 842 g/mol. The predicted octanol–water partition coefficient (Wildman–Crippen LogP) is 15.7. The summed E-state index contributed by atoms with van der Waals surface area (Å²) in [5.74, 6) is 1.79. The molecule has 0 bridgehead atoms. The Morgan fingerprint density at radius 3 is 1.85 bits per heavy atom. The number of rotatable bonds is 11. The fourth-order valence-corrected chi connectivity index (χ4v) is 9.95. The third-order valence-electron chi connectivity index (χ3n) is 13.0. The van der Waals surface area contributed by atoms with E-state index in [0.29, 0.717) is 17.5 Å². The molecule has 65 heavy (non-hydrogen) atoms. The van der Waals surface area contributed by atoms with Gasteiger partial charge in [0.1, 0.15) is 0 Å². The molecule has 3 heterocycles. The van der Waals surface area contributed by atoms with Crippen molar-refractivity contribution in [3.63, 3.8) is 0 Å². The lowest BCUT2D eigenvalue weighted by molar-refractivity contribution is 0.702. The van der Waals surface area contributed by atoms with Crippen molar-refractivity contribution in [1.82, 2.24) is 19.5 Å². The molecule has 4 nitrogen and oxygen atoms in total. The Bertz CT molecular complexity index is 3290. The number of fused-ring (bicyclic) bond motifs is 5. The molecule has 1 atom stereocenters. The molecule has 8 aromatic rings. The van der Waals surface area contributed by atoms with E-state index < -0.39 is 5.41 Å². The van der Waals surface area contributed by atoms with Gasteiger partial charge in [-0.25, -0.2) is 15.0 Å². The molecule has 0 saturated carbocycles. The molecule has 1 aliphatic rings. The first-order valence-corrected chi connectivity index (χ1v) is 22.4. The molecule has 0 fully saturated rings. The Morgan fingerprint density at radius 1 is 0.615 bits per heavy atom. The highest BCUT2D eigenvalue weighted by Gasteiger charge is 2.45. The standard InChI is InChI=1S/C61H54N4/c1-10-24-49(60-63-58(44-26-15-13-16-27-44)62-59(64-60)45-28-17-14-18-29-45)56(40(6)7)50(39(4)5)37-43(12-3)46-35-36-55-53(38-46)61(42(9)11-2,51-32-21-19-25-41(51)8)52-33-23-31-48-47-30-20-22-34-54(47)65(55)57(48)52/h10-38H,1,3H2,2,4-9H3/b42-11+,43-37+,49-24+. The minimum Gasteiger partial charge on any atom is -0.309 e. The average Bonchev–Trinajstić information content (AvgIpc) is 3.68. The molecule has 0 amide bonds. The first-order valence-electron chi connectivity index (χ1n) is 22.4. The van der Waals surface area contributed by atoms with Gasteiger partial charge in [0.25, 0.3) is 0 Å². The topological polar surface area (TPSA) is 43.6 Å². The Balaban J connectivity index is 1.28. The number of para-hydroxylation sites is 2. The molecule has 2 aromatic heterocycles. The molecular weight excluding hydrogens is 789 g/mol. The molecule has 0 saturated heterocycles. The van der Waals surface area contributed by atoms with Gasteiger partial charge in [0.05, 0.1) is 22.1 Å². The lowest BCUT2D eigenvalue weighted by Crippen LogP contribution is -2.36. The zero-order valence-electron chi connectivity index (χ0n) is 38.4. The first kappa shape index (κ1) is 42.6. The summed E-state index contributed by atoms with van der Waals surface area (Å²) in [5.41, 5.74) is 18.5. The molecular formula is C61H54N4. The number of benzene rings is 6. The largest absolute Gasteiger partial charge is 0.309 e. The van der Waals surface area contributed by atoms with Gasteiger partial charge in [-0.1, -0.05) is 182 Å². The number of allylic oxidation sites excluding steroid dienone is 12. The van der Waals surface area contributed by atoms with Crippen molar-refractivity contribution in [2.45, 2.75) is 53.9 Å². The maximum absolute atomic E-state index is 5.18. The predicted molar refractivity (Wildman–Crippen MR) is 275 cm³/mol. The highest BCUT2D eigenvalue weighted by Crippen LogP contribution is 2.55. The van der Waals surface area contributed by atoms with Gasteiger partial charge in [0, 0.05) is 27.5 Å². The Labute approximate surface area is 383 Å². The second-order valence-electron chi connectivity index (χ2n) is 17.3. The van der Waals surface area contributed by atoms with E-state index in [1.807, 2.05) is 78.9 Å². The molecule has 0 aliphatic carbocycles. The molecule has 1 unspecified atom stereocenters. The van der Waals surface area contributed by atoms with E-state index in [2.05, 4.69) is 163 Å². The zero-order chi connectivity index (χ0) is 45.4. The van der Waals surface area contributed by atoms with Crippen LogP contribution in [-0.2, 0) is 5.41 Å². The van der Waals surface area contributed by atoms with Gasteiger partial charge >= 0.3 is 0 Å². The van der Waals surface area contributed by atoms with Gasteiger partial charge in [0.15, 0.2) is 17.5 Å². The molecule has 1 aliphatic heterocycles. The van der Waals surface area contributed by atoms with Gasteiger partial charge in [-0.3, -0.25) is 0 Å². The van der Waals surface area contributed by atoms with Crippen LogP contribution in [-0.4, -0.2) is 19.5 Å². The van der Waals surface area contributed by atoms with Crippen molar-refractivity contribution in [3.8, 4) is 28.5 Å². The van der Waals surface area contributed by atoms with E-state index in [-0.39, 0.29) is 0 Å². The van der Waals surface area contributed by atoms with Crippen LogP contribution in [0.25, 0.3) is 61.4 Å². The highest BCUT2D eigenvalue weighted by molar-refractivity contribution is 6.12. The maximum atomic E-state index is 5.18. The Morgan fingerprint density at radius 2 is 1.23 bits per heavy atom. The molecule has 4 heteroatoms. The van der Waals surface area contributed by atoms with Crippen molar-refractivity contribution in [3.05, 3.63) is 251 Å². The summed E-state index contributed by atoms with van der Waals surface area (Å²) in [7, 11) is 0. The van der Waals surface area contributed by atoms with Crippen LogP contribution in [0.5, 0.6) is 0 Å². The summed E-state index contributed by atoms with van der Waals surface area (Å²) < 4.78 is 2.49. The summed E-state index contributed by atoms with van der Waals surface area (Å²) >= 11 is 0. The smallest absolute Gasteiger partial charge is 0.164 e. The lowest BCUT2D eigenvalue weighted by Gasteiger charge is -2.43. The van der Waals surface area contributed by atoms with Gasteiger partial charge in [-0.05, 0) is 117 Å². The highest BCUT2D eigenvalue weighted by atomic mass is 15.0. The van der Waals surface area contributed by atoms with Crippen LogP contribution < -0.4 is 0 Å². The lowest BCUT2D eigenvalue weighted by atomic mass is 9.61. The van der Waals surface area contributed by atoms with E-state index >= 15 is 0 Å². The third kappa shape index (κ3) is 7.16. The van der Waals surface area contributed by atoms with Crippen molar-refractivity contribution >= 4 is 33.0 Å². The summed E-state index contributed by atoms with van der Waals surface area (Å²) in [4.78, 5) is 15.4. The molecule has 9 rings (SSSR count). The van der Waals surface area contributed by atoms with Crippen LogP contribution in [0, 0.1) is 6.92 Å². The minimum absolute atomic E-state index is 0.572. The van der Waals surface area contributed by atoms with Gasteiger partial charge in [-0.2, -0.15) is 0 Å². The summed E-state index contributed by atoms with van der Waals surface area (Å²) in [6, 6.07) is 51.8. The molecule has 6 aromatic carbocycles. The number of aryl methyl sites for hydroxylation is 1. The number of nitrogens with zero attached hydrogens (tertiary/aromatic N) is 4. The maximum Gasteiger partial charge on any atom is 0.164 e. The quantitative estimate of drug-likeness (QED) is 0.0962. The summed E-state index contributed by atoms with van der Waals surface area (Å²) in [6.45, 7) is 24.0. The van der Waals surface area contributed by atoms with Crippen LogP contribution in [0.4, 0.5) is 0 Å².